The largest absolute Gasteiger partial charge is 0.380 e. The van der Waals surface area contributed by atoms with Crippen LogP contribution in [0.4, 0.5) is 15.8 Å². The van der Waals surface area contributed by atoms with Crippen molar-refractivity contribution in [2.45, 2.75) is 19.4 Å². The summed E-state index contributed by atoms with van der Waals surface area (Å²) in [4.78, 5) is 13.8. The Morgan fingerprint density at radius 1 is 1.18 bits per heavy atom. The van der Waals surface area contributed by atoms with Crippen molar-refractivity contribution in [1.82, 2.24) is 0 Å². The average molecular weight is 298 g/mol. The normalized spacial score (nSPS) is 17.5. The summed E-state index contributed by atoms with van der Waals surface area (Å²) in [6, 6.07) is 15.2. The zero-order valence-electron chi connectivity index (χ0n) is 12.6. The summed E-state index contributed by atoms with van der Waals surface area (Å²) in [6.07, 6.45) is 0.961. The van der Waals surface area contributed by atoms with Gasteiger partial charge in [0, 0.05) is 24.8 Å². The highest BCUT2D eigenvalue weighted by Crippen LogP contribution is 2.28. The zero-order chi connectivity index (χ0) is 15.5. The Morgan fingerprint density at radius 3 is 2.68 bits per heavy atom. The first-order valence-electron chi connectivity index (χ1n) is 7.51. The van der Waals surface area contributed by atoms with Crippen LogP contribution in [-0.2, 0) is 0 Å². The van der Waals surface area contributed by atoms with Crippen LogP contribution in [0.1, 0.15) is 23.7 Å². The van der Waals surface area contributed by atoms with E-state index in [2.05, 4.69) is 10.2 Å². The summed E-state index contributed by atoms with van der Waals surface area (Å²) in [5.74, 6) is -0.669. The molecule has 1 unspecified atom stereocenters. The molecule has 0 amide bonds. The Balaban J connectivity index is 1.76. The van der Waals surface area contributed by atoms with Gasteiger partial charge in [0.05, 0.1) is 11.3 Å². The summed E-state index contributed by atoms with van der Waals surface area (Å²) in [6.45, 7) is 2.99. The van der Waals surface area contributed by atoms with Crippen molar-refractivity contribution in [2.75, 3.05) is 23.3 Å². The molecule has 1 N–H and O–H groups in total. The van der Waals surface area contributed by atoms with Crippen molar-refractivity contribution in [1.29, 1.82) is 0 Å². The highest BCUT2D eigenvalue weighted by atomic mass is 19.1. The molecule has 3 rings (SSSR count). The van der Waals surface area contributed by atoms with Crippen molar-refractivity contribution < 1.29 is 9.18 Å². The number of nitrogens with zero attached hydrogens (tertiary/aromatic N) is 1. The van der Waals surface area contributed by atoms with Gasteiger partial charge < -0.3 is 10.2 Å². The van der Waals surface area contributed by atoms with E-state index >= 15 is 0 Å². The molecule has 2 aromatic rings. The molecular weight excluding hydrogens is 279 g/mol. The predicted octanol–water partition coefficient (Wildman–Crippen LogP) is 3.72. The molecule has 1 aliphatic heterocycles. The maximum atomic E-state index is 13.9. The second-order valence-corrected chi connectivity index (χ2v) is 5.63. The van der Waals surface area contributed by atoms with Gasteiger partial charge in [-0.25, -0.2) is 4.39 Å². The lowest BCUT2D eigenvalue weighted by atomic mass is 10.1. The molecule has 0 spiro atoms. The number of benzene rings is 2. The van der Waals surface area contributed by atoms with E-state index in [1.807, 2.05) is 36.4 Å². The number of hydrogen-bond acceptors (Lipinski definition) is 3. The standard InChI is InChI=1S/C18H19FN2O/c1-13(22)18-16(19)8-5-9-17(18)21-11-10-15(12-21)20-14-6-3-2-4-7-14/h2-9,15,20H,10-12H2,1H3. The third-order valence-corrected chi connectivity index (χ3v) is 4.02. The van der Waals surface area contributed by atoms with Crippen molar-refractivity contribution in [3.63, 3.8) is 0 Å². The molecule has 22 heavy (non-hydrogen) atoms. The van der Waals surface area contributed by atoms with Crippen LogP contribution < -0.4 is 10.2 Å². The van der Waals surface area contributed by atoms with Crippen molar-refractivity contribution in [2.24, 2.45) is 0 Å². The molecule has 0 radical (unpaired) electrons. The number of rotatable bonds is 4. The van der Waals surface area contributed by atoms with E-state index in [1.165, 1.54) is 13.0 Å². The lowest BCUT2D eigenvalue weighted by Gasteiger charge is -2.22. The van der Waals surface area contributed by atoms with Crippen molar-refractivity contribution >= 4 is 17.2 Å². The number of carbonyl (C=O) groups is 1. The van der Waals surface area contributed by atoms with Crippen LogP contribution in [0.2, 0.25) is 0 Å². The fraction of sp³-hybridized carbons (Fsp3) is 0.278. The Labute approximate surface area is 129 Å². The molecule has 1 fully saturated rings. The van der Waals surface area contributed by atoms with Gasteiger partial charge in [-0.1, -0.05) is 24.3 Å². The average Bonchev–Trinajstić information content (AvgIpc) is 2.96. The fourth-order valence-electron chi connectivity index (χ4n) is 2.99. The number of ketones is 1. The number of anilines is 2. The summed E-state index contributed by atoms with van der Waals surface area (Å²) < 4.78 is 13.9. The van der Waals surface area contributed by atoms with Crippen LogP contribution >= 0.6 is 0 Å². The monoisotopic (exact) mass is 298 g/mol. The predicted molar refractivity (Wildman–Crippen MR) is 87.1 cm³/mol. The Bertz CT molecular complexity index is 672. The SMILES string of the molecule is CC(=O)c1c(F)cccc1N1CCC(Nc2ccccc2)C1. The number of halogens is 1. The second-order valence-electron chi connectivity index (χ2n) is 5.63. The van der Waals surface area contributed by atoms with Gasteiger partial charge in [0.1, 0.15) is 5.82 Å². The molecule has 0 aromatic heterocycles. The van der Waals surface area contributed by atoms with E-state index in [1.54, 1.807) is 6.07 Å². The van der Waals surface area contributed by atoms with Crippen LogP contribution in [0.3, 0.4) is 0 Å². The Morgan fingerprint density at radius 2 is 1.95 bits per heavy atom. The van der Waals surface area contributed by atoms with Crippen LogP contribution in [0.25, 0.3) is 0 Å². The van der Waals surface area contributed by atoms with Gasteiger partial charge in [0.2, 0.25) is 0 Å². The van der Waals surface area contributed by atoms with Crippen molar-refractivity contribution in [3.05, 3.63) is 59.9 Å². The van der Waals surface area contributed by atoms with Crippen molar-refractivity contribution in [3.8, 4) is 0 Å². The number of carbonyl (C=O) groups excluding carboxylic acids is 1. The van der Waals surface area contributed by atoms with Gasteiger partial charge >= 0.3 is 0 Å². The van der Waals surface area contributed by atoms with Gasteiger partial charge in [0.25, 0.3) is 0 Å². The van der Waals surface area contributed by atoms with Crippen LogP contribution in [0.15, 0.2) is 48.5 Å². The molecule has 1 atom stereocenters. The lowest BCUT2D eigenvalue weighted by Crippen LogP contribution is -2.27. The number of Topliss-reactive ketones (excluding diaryl/α,β-unsaturated/α-hetero) is 1. The highest BCUT2D eigenvalue weighted by molar-refractivity contribution is 6.00. The number of para-hydroxylation sites is 1. The maximum Gasteiger partial charge on any atom is 0.164 e. The molecule has 1 heterocycles. The highest BCUT2D eigenvalue weighted by Gasteiger charge is 2.26. The molecule has 0 aliphatic carbocycles. The summed E-state index contributed by atoms with van der Waals surface area (Å²) in [5.41, 5.74) is 1.98. The summed E-state index contributed by atoms with van der Waals surface area (Å²) in [7, 11) is 0. The van der Waals surface area contributed by atoms with E-state index in [0.717, 1.165) is 25.2 Å². The third kappa shape index (κ3) is 2.96. The Kier molecular flexibility index (Phi) is 4.09. The molecular formula is C18H19FN2O. The fourth-order valence-corrected chi connectivity index (χ4v) is 2.99. The molecule has 1 saturated heterocycles. The molecule has 1 aliphatic rings. The van der Waals surface area contributed by atoms with E-state index < -0.39 is 5.82 Å². The molecule has 0 saturated carbocycles. The van der Waals surface area contributed by atoms with Crippen LogP contribution in [0, 0.1) is 5.82 Å². The van der Waals surface area contributed by atoms with Crippen LogP contribution in [-0.4, -0.2) is 24.9 Å². The summed E-state index contributed by atoms with van der Waals surface area (Å²) in [5, 5.41) is 3.48. The smallest absolute Gasteiger partial charge is 0.164 e. The van der Waals surface area contributed by atoms with E-state index in [-0.39, 0.29) is 11.3 Å². The third-order valence-electron chi connectivity index (χ3n) is 4.02. The lowest BCUT2D eigenvalue weighted by molar-refractivity contribution is 0.101. The first kappa shape index (κ1) is 14.6. The minimum Gasteiger partial charge on any atom is -0.380 e. The maximum absolute atomic E-state index is 13.9. The molecule has 0 bridgehead atoms. The molecule has 114 valence electrons. The zero-order valence-corrected chi connectivity index (χ0v) is 12.6. The number of nitrogens with one attached hydrogen (secondary N) is 1. The van der Waals surface area contributed by atoms with E-state index in [9.17, 15) is 9.18 Å². The summed E-state index contributed by atoms with van der Waals surface area (Å²) >= 11 is 0. The molecule has 3 nitrogen and oxygen atoms in total. The van der Waals surface area contributed by atoms with E-state index in [4.69, 9.17) is 0 Å². The minimum atomic E-state index is -0.440. The quantitative estimate of drug-likeness (QED) is 0.873. The number of hydrogen-bond donors (Lipinski definition) is 1. The second kappa shape index (κ2) is 6.18. The van der Waals surface area contributed by atoms with Gasteiger partial charge in [0.15, 0.2) is 5.78 Å². The first-order valence-corrected chi connectivity index (χ1v) is 7.51. The minimum absolute atomic E-state index is 0.197. The van der Waals surface area contributed by atoms with Gasteiger partial charge in [-0.05, 0) is 37.6 Å². The Hall–Kier alpha value is -2.36. The van der Waals surface area contributed by atoms with Gasteiger partial charge in [-0.15, -0.1) is 0 Å². The van der Waals surface area contributed by atoms with E-state index in [0.29, 0.717) is 11.7 Å². The first-order chi connectivity index (χ1) is 10.6. The van der Waals surface area contributed by atoms with Crippen LogP contribution in [0.5, 0.6) is 0 Å². The molecule has 2 aromatic carbocycles. The topological polar surface area (TPSA) is 32.3 Å². The van der Waals surface area contributed by atoms with Gasteiger partial charge in [-0.3, -0.25) is 4.79 Å². The molecule has 4 heteroatoms. The van der Waals surface area contributed by atoms with Gasteiger partial charge in [-0.2, -0.15) is 0 Å².